The molecule has 0 bridgehead atoms. The number of ether oxygens (including phenoxy) is 1. The molecule has 19 heavy (non-hydrogen) atoms. The van der Waals surface area contributed by atoms with Crippen molar-refractivity contribution in [1.82, 2.24) is 5.32 Å². The largest absolute Gasteiger partial charge is 0.372 e. The van der Waals surface area contributed by atoms with Gasteiger partial charge in [-0.3, -0.25) is 0 Å². The lowest BCUT2D eigenvalue weighted by molar-refractivity contribution is -0.00525. The van der Waals surface area contributed by atoms with Crippen LogP contribution in [0.2, 0.25) is 0 Å². The Labute approximate surface area is 124 Å². The van der Waals surface area contributed by atoms with E-state index in [0.717, 1.165) is 26.2 Å². The molecule has 4 heteroatoms. The van der Waals surface area contributed by atoms with Crippen molar-refractivity contribution < 1.29 is 4.74 Å². The molecule has 1 N–H and O–H groups in total. The van der Waals surface area contributed by atoms with Crippen LogP contribution in [0.25, 0.3) is 0 Å². The molecule has 1 aliphatic rings. The Balaban J connectivity index is 2.11. The first kappa shape index (κ1) is 14.8. The third-order valence-corrected chi connectivity index (χ3v) is 3.99. The molecule has 0 amide bonds. The van der Waals surface area contributed by atoms with E-state index < -0.39 is 0 Å². The summed E-state index contributed by atoms with van der Waals surface area (Å²) in [5.41, 5.74) is 2.58. The maximum atomic E-state index is 5.79. The summed E-state index contributed by atoms with van der Waals surface area (Å²) < 4.78 is 6.96. The summed E-state index contributed by atoms with van der Waals surface area (Å²) in [5, 5.41) is 3.35. The molecule has 0 radical (unpaired) electrons. The highest BCUT2D eigenvalue weighted by atomic mass is 79.9. The number of halogens is 1. The van der Waals surface area contributed by atoms with E-state index in [9.17, 15) is 0 Å². The Morgan fingerprint density at radius 3 is 2.58 bits per heavy atom. The molecular formula is C15H23BrN2O. The quantitative estimate of drug-likeness (QED) is 0.919. The highest BCUT2D eigenvalue weighted by Gasteiger charge is 2.23. The molecule has 2 rings (SSSR count). The van der Waals surface area contributed by atoms with E-state index in [1.807, 2.05) is 0 Å². The zero-order valence-electron chi connectivity index (χ0n) is 11.9. The van der Waals surface area contributed by atoms with E-state index in [-0.39, 0.29) is 12.2 Å². The van der Waals surface area contributed by atoms with Crippen molar-refractivity contribution in [1.29, 1.82) is 0 Å². The van der Waals surface area contributed by atoms with E-state index >= 15 is 0 Å². The monoisotopic (exact) mass is 326 g/mol. The van der Waals surface area contributed by atoms with Gasteiger partial charge < -0.3 is 15.0 Å². The van der Waals surface area contributed by atoms with Crippen molar-refractivity contribution in [3.05, 3.63) is 28.2 Å². The second-order valence-corrected chi connectivity index (χ2v) is 6.08. The van der Waals surface area contributed by atoms with Crippen molar-refractivity contribution in [2.24, 2.45) is 0 Å². The van der Waals surface area contributed by atoms with Crippen LogP contribution in [-0.2, 0) is 11.3 Å². The van der Waals surface area contributed by atoms with E-state index in [1.165, 1.54) is 15.7 Å². The van der Waals surface area contributed by atoms with Crippen LogP contribution in [-0.4, -0.2) is 31.8 Å². The molecule has 0 aliphatic carbocycles. The Morgan fingerprint density at radius 1 is 1.32 bits per heavy atom. The van der Waals surface area contributed by atoms with Crippen LogP contribution in [0.4, 0.5) is 5.69 Å². The minimum absolute atomic E-state index is 0.289. The molecule has 106 valence electrons. The van der Waals surface area contributed by atoms with Gasteiger partial charge in [0.15, 0.2) is 0 Å². The van der Waals surface area contributed by atoms with Gasteiger partial charge in [0, 0.05) is 24.1 Å². The van der Waals surface area contributed by atoms with Gasteiger partial charge in [-0.1, -0.05) is 13.0 Å². The SMILES string of the molecule is CCNCc1ccc(N2C[C@@H](C)O[C@@H](C)C2)c(Br)c1. The van der Waals surface area contributed by atoms with Crippen molar-refractivity contribution in [3.63, 3.8) is 0 Å². The number of hydrogen-bond acceptors (Lipinski definition) is 3. The minimum Gasteiger partial charge on any atom is -0.372 e. The Hall–Kier alpha value is -0.580. The van der Waals surface area contributed by atoms with Gasteiger partial charge in [0.2, 0.25) is 0 Å². The highest BCUT2D eigenvalue weighted by molar-refractivity contribution is 9.10. The molecule has 2 atom stereocenters. The van der Waals surface area contributed by atoms with Gasteiger partial charge in [-0.15, -0.1) is 0 Å². The van der Waals surface area contributed by atoms with Gasteiger partial charge in [0.1, 0.15) is 0 Å². The zero-order chi connectivity index (χ0) is 13.8. The second-order valence-electron chi connectivity index (χ2n) is 5.23. The van der Waals surface area contributed by atoms with E-state index in [4.69, 9.17) is 4.74 Å². The highest BCUT2D eigenvalue weighted by Crippen LogP contribution is 2.29. The van der Waals surface area contributed by atoms with Gasteiger partial charge >= 0.3 is 0 Å². The summed E-state index contributed by atoms with van der Waals surface area (Å²) in [4.78, 5) is 2.40. The lowest BCUT2D eigenvalue weighted by atomic mass is 10.1. The molecule has 1 aromatic rings. The summed E-state index contributed by atoms with van der Waals surface area (Å²) in [6.07, 6.45) is 0.578. The Morgan fingerprint density at radius 2 is 2.00 bits per heavy atom. The number of rotatable bonds is 4. The van der Waals surface area contributed by atoms with Gasteiger partial charge in [0.25, 0.3) is 0 Å². The molecular weight excluding hydrogens is 304 g/mol. The summed E-state index contributed by atoms with van der Waals surface area (Å²) >= 11 is 3.70. The first-order valence-electron chi connectivity index (χ1n) is 6.99. The predicted molar refractivity (Wildman–Crippen MR) is 83.7 cm³/mol. The van der Waals surface area contributed by atoms with Crippen LogP contribution in [0.1, 0.15) is 26.3 Å². The molecule has 0 aromatic heterocycles. The summed E-state index contributed by atoms with van der Waals surface area (Å²) in [6.45, 7) is 10.2. The maximum Gasteiger partial charge on any atom is 0.0726 e. The molecule has 1 aliphatic heterocycles. The lowest BCUT2D eigenvalue weighted by Crippen LogP contribution is -2.45. The molecule has 1 saturated heterocycles. The van der Waals surface area contributed by atoms with Gasteiger partial charge in [0.05, 0.1) is 17.9 Å². The summed E-state index contributed by atoms with van der Waals surface area (Å²) in [7, 11) is 0. The van der Waals surface area contributed by atoms with E-state index in [2.05, 4.69) is 65.1 Å². The number of hydrogen-bond donors (Lipinski definition) is 1. The third kappa shape index (κ3) is 3.94. The van der Waals surface area contributed by atoms with Crippen LogP contribution in [0.15, 0.2) is 22.7 Å². The zero-order valence-corrected chi connectivity index (χ0v) is 13.5. The molecule has 1 heterocycles. The van der Waals surface area contributed by atoms with Crippen molar-refractivity contribution in [2.75, 3.05) is 24.5 Å². The van der Waals surface area contributed by atoms with Crippen LogP contribution in [0.3, 0.4) is 0 Å². The van der Waals surface area contributed by atoms with E-state index in [1.54, 1.807) is 0 Å². The number of benzene rings is 1. The Kier molecular flexibility index (Phi) is 5.25. The van der Waals surface area contributed by atoms with Crippen molar-refractivity contribution >= 4 is 21.6 Å². The fourth-order valence-corrected chi connectivity index (χ4v) is 3.24. The van der Waals surface area contributed by atoms with Gasteiger partial charge in [-0.25, -0.2) is 0 Å². The van der Waals surface area contributed by atoms with Crippen molar-refractivity contribution in [2.45, 2.75) is 39.5 Å². The van der Waals surface area contributed by atoms with Crippen LogP contribution in [0.5, 0.6) is 0 Å². The molecule has 0 saturated carbocycles. The normalized spacial score (nSPS) is 23.7. The third-order valence-electron chi connectivity index (χ3n) is 3.35. The lowest BCUT2D eigenvalue weighted by Gasteiger charge is -2.37. The number of nitrogens with one attached hydrogen (secondary N) is 1. The molecule has 1 fully saturated rings. The topological polar surface area (TPSA) is 24.5 Å². The predicted octanol–water partition coefficient (Wildman–Crippen LogP) is 3.17. The molecule has 3 nitrogen and oxygen atoms in total. The van der Waals surface area contributed by atoms with E-state index in [0.29, 0.717) is 0 Å². The minimum atomic E-state index is 0.289. The number of anilines is 1. The summed E-state index contributed by atoms with van der Waals surface area (Å²) in [5.74, 6) is 0. The smallest absolute Gasteiger partial charge is 0.0726 e. The maximum absolute atomic E-state index is 5.79. The average molecular weight is 327 g/mol. The van der Waals surface area contributed by atoms with Gasteiger partial charge in [-0.2, -0.15) is 0 Å². The first-order valence-corrected chi connectivity index (χ1v) is 7.79. The molecule has 0 spiro atoms. The van der Waals surface area contributed by atoms with Gasteiger partial charge in [-0.05, 0) is 54.0 Å². The fraction of sp³-hybridized carbons (Fsp3) is 0.600. The summed E-state index contributed by atoms with van der Waals surface area (Å²) in [6, 6.07) is 6.62. The van der Waals surface area contributed by atoms with Crippen LogP contribution >= 0.6 is 15.9 Å². The number of nitrogens with zero attached hydrogens (tertiary/aromatic N) is 1. The second kappa shape index (κ2) is 6.73. The Bertz CT molecular complexity index is 415. The fourth-order valence-electron chi connectivity index (χ4n) is 2.56. The molecule has 0 unspecified atom stereocenters. The standard InChI is InChI=1S/C15H23BrN2O/c1-4-17-8-13-5-6-15(14(16)7-13)18-9-11(2)19-12(3)10-18/h5-7,11-12,17H,4,8-10H2,1-3H3/t11-,12+. The van der Waals surface area contributed by atoms with Crippen LogP contribution in [0, 0.1) is 0 Å². The van der Waals surface area contributed by atoms with Crippen molar-refractivity contribution in [3.8, 4) is 0 Å². The average Bonchev–Trinajstić information content (AvgIpc) is 2.35. The first-order chi connectivity index (χ1) is 9.10. The van der Waals surface area contributed by atoms with Crippen LogP contribution < -0.4 is 10.2 Å². The molecule has 1 aromatic carbocycles. The number of morpholine rings is 1.